The third-order valence-electron chi connectivity index (χ3n) is 3.84. The number of nitrogens with two attached hydrogens (primary N) is 1. The molecular weight excluding hydrogens is 308 g/mol. The van der Waals surface area contributed by atoms with E-state index in [1.165, 1.54) is 0 Å². The molecule has 0 bridgehead atoms. The van der Waals surface area contributed by atoms with Gasteiger partial charge in [-0.25, -0.2) is 4.68 Å². The fourth-order valence-electron chi connectivity index (χ4n) is 2.64. The molecule has 4 rings (SSSR count). The van der Waals surface area contributed by atoms with Gasteiger partial charge in [-0.3, -0.25) is 0 Å². The summed E-state index contributed by atoms with van der Waals surface area (Å²) in [6.45, 7) is 2.44. The summed E-state index contributed by atoms with van der Waals surface area (Å²) in [5, 5.41) is 8.40. The van der Waals surface area contributed by atoms with Crippen LogP contribution in [0, 0.1) is 0 Å². The van der Waals surface area contributed by atoms with Crippen LogP contribution in [-0.4, -0.2) is 34.8 Å². The number of ether oxygens (including phenoxy) is 3. The number of hydrogen-bond donors (Lipinski definition) is 1. The number of rotatable bonds is 5. The van der Waals surface area contributed by atoms with Crippen molar-refractivity contribution in [3.05, 3.63) is 36.4 Å². The van der Waals surface area contributed by atoms with Gasteiger partial charge in [0.05, 0.1) is 12.1 Å². The Morgan fingerprint density at radius 3 is 2.62 bits per heavy atom. The van der Waals surface area contributed by atoms with E-state index in [4.69, 9.17) is 19.9 Å². The predicted octanol–water partition coefficient (Wildman–Crippen LogP) is 2.25. The van der Waals surface area contributed by atoms with E-state index >= 15 is 0 Å². The first-order chi connectivity index (χ1) is 11.8. The summed E-state index contributed by atoms with van der Waals surface area (Å²) < 4.78 is 18.7. The average molecular weight is 326 g/mol. The molecule has 1 aromatic heterocycles. The smallest absolute Gasteiger partial charge is 0.163 e. The molecule has 7 nitrogen and oxygen atoms in total. The fourth-order valence-corrected chi connectivity index (χ4v) is 2.64. The van der Waals surface area contributed by atoms with Crippen molar-refractivity contribution in [3.63, 3.8) is 0 Å². The summed E-state index contributed by atoms with van der Waals surface area (Å²) in [6, 6.07) is 11.2. The molecule has 3 aromatic rings. The van der Waals surface area contributed by atoms with Gasteiger partial charge in [0.25, 0.3) is 0 Å². The second-order valence-electron chi connectivity index (χ2n) is 5.57. The molecule has 0 saturated carbocycles. The summed E-state index contributed by atoms with van der Waals surface area (Å²) in [5.74, 6) is 2.29. The number of benzene rings is 2. The fraction of sp³-hybridized carbons (Fsp3) is 0.294. The lowest BCUT2D eigenvalue weighted by molar-refractivity contribution is 0.172. The van der Waals surface area contributed by atoms with Crippen molar-refractivity contribution in [1.29, 1.82) is 0 Å². The Labute approximate surface area is 138 Å². The molecule has 0 amide bonds. The van der Waals surface area contributed by atoms with Crippen LogP contribution in [0.5, 0.6) is 17.2 Å². The lowest BCUT2D eigenvalue weighted by Crippen LogP contribution is -2.15. The molecule has 0 atom stereocenters. The SMILES string of the molecule is Nc1ccc(OCCCn2nnc3cc4c(cc32)OCCO4)cc1. The Bertz CT molecular complexity index is 845. The molecule has 2 aromatic carbocycles. The van der Waals surface area contributed by atoms with Gasteiger partial charge in [-0.2, -0.15) is 0 Å². The maximum Gasteiger partial charge on any atom is 0.163 e. The van der Waals surface area contributed by atoms with Gasteiger partial charge in [0.1, 0.15) is 24.5 Å². The van der Waals surface area contributed by atoms with E-state index in [2.05, 4.69) is 10.3 Å². The third-order valence-corrected chi connectivity index (χ3v) is 3.84. The minimum atomic E-state index is 0.565. The largest absolute Gasteiger partial charge is 0.494 e. The zero-order valence-corrected chi connectivity index (χ0v) is 13.1. The van der Waals surface area contributed by atoms with E-state index in [9.17, 15) is 0 Å². The van der Waals surface area contributed by atoms with Gasteiger partial charge in [-0.05, 0) is 24.3 Å². The van der Waals surface area contributed by atoms with E-state index in [-0.39, 0.29) is 0 Å². The molecule has 2 heterocycles. The highest BCUT2D eigenvalue weighted by molar-refractivity contribution is 5.79. The zero-order valence-electron chi connectivity index (χ0n) is 13.1. The van der Waals surface area contributed by atoms with Crippen LogP contribution in [-0.2, 0) is 6.54 Å². The van der Waals surface area contributed by atoms with Crippen molar-refractivity contribution < 1.29 is 14.2 Å². The van der Waals surface area contributed by atoms with Crippen LogP contribution in [0.25, 0.3) is 11.0 Å². The quantitative estimate of drug-likeness (QED) is 0.572. The third kappa shape index (κ3) is 2.92. The van der Waals surface area contributed by atoms with Crippen molar-refractivity contribution in [1.82, 2.24) is 15.0 Å². The first-order valence-corrected chi connectivity index (χ1v) is 7.91. The Morgan fingerprint density at radius 2 is 1.83 bits per heavy atom. The van der Waals surface area contributed by atoms with Crippen LogP contribution < -0.4 is 19.9 Å². The van der Waals surface area contributed by atoms with Crippen LogP contribution in [0.15, 0.2) is 36.4 Å². The summed E-state index contributed by atoms with van der Waals surface area (Å²) in [7, 11) is 0. The molecule has 124 valence electrons. The molecule has 7 heteroatoms. The van der Waals surface area contributed by atoms with Crippen molar-refractivity contribution >= 4 is 16.7 Å². The molecule has 0 saturated heterocycles. The number of hydrogen-bond acceptors (Lipinski definition) is 6. The molecule has 24 heavy (non-hydrogen) atoms. The minimum Gasteiger partial charge on any atom is -0.494 e. The molecule has 1 aliphatic rings. The average Bonchev–Trinajstić information content (AvgIpc) is 3.00. The standard InChI is InChI=1S/C17H18N4O3/c18-12-2-4-13(5-3-12)22-7-1-6-21-15-11-17-16(23-8-9-24-17)10-14(15)19-20-21/h2-5,10-11H,1,6-9,18H2. The Hall–Kier alpha value is -2.96. The number of fused-ring (bicyclic) bond motifs is 2. The van der Waals surface area contributed by atoms with Gasteiger partial charge in [-0.15, -0.1) is 5.10 Å². The highest BCUT2D eigenvalue weighted by Gasteiger charge is 2.15. The summed E-state index contributed by atoms with van der Waals surface area (Å²) in [5.41, 5.74) is 8.12. The minimum absolute atomic E-state index is 0.565. The van der Waals surface area contributed by atoms with Crippen molar-refractivity contribution in [2.24, 2.45) is 0 Å². The Morgan fingerprint density at radius 1 is 1.08 bits per heavy atom. The zero-order chi connectivity index (χ0) is 16.4. The van der Waals surface area contributed by atoms with Crippen molar-refractivity contribution in [2.75, 3.05) is 25.6 Å². The van der Waals surface area contributed by atoms with Crippen molar-refractivity contribution in [2.45, 2.75) is 13.0 Å². The molecule has 2 N–H and O–H groups in total. The van der Waals surface area contributed by atoms with Gasteiger partial charge in [0.2, 0.25) is 0 Å². The number of anilines is 1. The van der Waals surface area contributed by atoms with E-state index in [1.54, 1.807) is 0 Å². The summed E-state index contributed by atoms with van der Waals surface area (Å²) in [6.07, 6.45) is 0.817. The predicted molar refractivity (Wildman–Crippen MR) is 89.5 cm³/mol. The molecule has 0 fully saturated rings. The molecule has 0 spiro atoms. The van der Waals surface area contributed by atoms with Crippen molar-refractivity contribution in [3.8, 4) is 17.2 Å². The van der Waals surface area contributed by atoms with Crippen LogP contribution in [0.1, 0.15) is 6.42 Å². The molecule has 0 radical (unpaired) electrons. The monoisotopic (exact) mass is 326 g/mol. The van der Waals surface area contributed by atoms with Gasteiger partial charge < -0.3 is 19.9 Å². The molecule has 0 unspecified atom stereocenters. The molecular formula is C17H18N4O3. The number of nitrogens with zero attached hydrogens (tertiary/aromatic N) is 3. The van der Waals surface area contributed by atoms with Crippen LogP contribution >= 0.6 is 0 Å². The maximum atomic E-state index is 5.70. The number of aromatic nitrogens is 3. The topological polar surface area (TPSA) is 84.4 Å². The summed E-state index contributed by atoms with van der Waals surface area (Å²) >= 11 is 0. The van der Waals surface area contributed by atoms with E-state index < -0.39 is 0 Å². The van der Waals surface area contributed by atoms with E-state index in [0.717, 1.165) is 40.4 Å². The molecule has 1 aliphatic heterocycles. The first-order valence-electron chi connectivity index (χ1n) is 7.91. The highest BCUT2D eigenvalue weighted by Crippen LogP contribution is 2.33. The highest BCUT2D eigenvalue weighted by atomic mass is 16.6. The maximum absolute atomic E-state index is 5.70. The summed E-state index contributed by atoms with van der Waals surface area (Å²) in [4.78, 5) is 0. The Balaban J connectivity index is 1.40. The van der Waals surface area contributed by atoms with Gasteiger partial charge in [0, 0.05) is 30.8 Å². The normalized spacial score (nSPS) is 13.2. The number of nitrogen functional groups attached to an aromatic ring is 1. The van der Waals surface area contributed by atoms with Crippen LogP contribution in [0.4, 0.5) is 5.69 Å². The van der Waals surface area contributed by atoms with Crippen LogP contribution in [0.2, 0.25) is 0 Å². The van der Waals surface area contributed by atoms with E-state index in [1.807, 2.05) is 41.1 Å². The molecule has 0 aliphatic carbocycles. The van der Waals surface area contributed by atoms with E-state index in [0.29, 0.717) is 26.4 Å². The lowest BCUT2D eigenvalue weighted by atomic mass is 10.2. The second kappa shape index (κ2) is 6.27. The Kier molecular flexibility index (Phi) is 3.82. The van der Waals surface area contributed by atoms with Gasteiger partial charge in [-0.1, -0.05) is 5.21 Å². The first kappa shape index (κ1) is 14.6. The number of aryl methyl sites for hydroxylation is 1. The van der Waals surface area contributed by atoms with Crippen LogP contribution in [0.3, 0.4) is 0 Å². The van der Waals surface area contributed by atoms with Gasteiger partial charge >= 0.3 is 0 Å². The second-order valence-corrected chi connectivity index (χ2v) is 5.57. The lowest BCUT2D eigenvalue weighted by Gasteiger charge is -2.18. The van der Waals surface area contributed by atoms with Gasteiger partial charge in [0.15, 0.2) is 11.5 Å².